The lowest BCUT2D eigenvalue weighted by Crippen LogP contribution is -2.13. The highest BCUT2D eigenvalue weighted by Crippen LogP contribution is 2.14. The number of nitrogens with zero attached hydrogens (tertiary/aromatic N) is 4. The summed E-state index contributed by atoms with van der Waals surface area (Å²) in [4.78, 5) is 11.9. The van der Waals surface area contributed by atoms with Crippen LogP contribution in [0.25, 0.3) is 0 Å². The number of carbonyl (C=O) groups excluding carboxylic acids is 1. The SMILES string of the molecule is CC(C)n1cc(NC(=O)c2cnn(C)c2N)cn1. The molecule has 3 N–H and O–H groups in total. The quantitative estimate of drug-likeness (QED) is 0.848. The highest BCUT2D eigenvalue weighted by Gasteiger charge is 2.14. The van der Waals surface area contributed by atoms with Crippen LogP contribution in [0.1, 0.15) is 30.2 Å². The van der Waals surface area contributed by atoms with Crippen LogP contribution in [-0.2, 0) is 7.05 Å². The van der Waals surface area contributed by atoms with Gasteiger partial charge in [0.1, 0.15) is 11.4 Å². The van der Waals surface area contributed by atoms with Gasteiger partial charge < -0.3 is 11.1 Å². The zero-order valence-corrected chi connectivity index (χ0v) is 10.6. The summed E-state index contributed by atoms with van der Waals surface area (Å²) in [6.07, 6.45) is 4.82. The van der Waals surface area contributed by atoms with Crippen LogP contribution in [0.3, 0.4) is 0 Å². The monoisotopic (exact) mass is 248 g/mol. The minimum atomic E-state index is -0.288. The fourth-order valence-corrected chi connectivity index (χ4v) is 1.51. The maximum absolute atomic E-state index is 11.9. The number of aromatic nitrogens is 4. The van der Waals surface area contributed by atoms with Crippen LogP contribution in [0.4, 0.5) is 11.5 Å². The van der Waals surface area contributed by atoms with Crippen molar-refractivity contribution in [2.75, 3.05) is 11.1 Å². The lowest BCUT2D eigenvalue weighted by Gasteiger charge is -2.04. The molecule has 0 aromatic carbocycles. The normalized spacial score (nSPS) is 10.9. The van der Waals surface area contributed by atoms with E-state index in [0.717, 1.165) is 0 Å². The van der Waals surface area contributed by atoms with Gasteiger partial charge in [-0.05, 0) is 13.8 Å². The molecule has 0 aliphatic carbocycles. The summed E-state index contributed by atoms with van der Waals surface area (Å²) in [7, 11) is 1.68. The molecule has 0 bridgehead atoms. The Labute approximate surface area is 105 Å². The Morgan fingerprint density at radius 2 is 2.11 bits per heavy atom. The zero-order chi connectivity index (χ0) is 13.3. The molecule has 2 heterocycles. The van der Waals surface area contributed by atoms with Gasteiger partial charge in [0.2, 0.25) is 0 Å². The molecule has 0 radical (unpaired) electrons. The first-order valence-corrected chi connectivity index (χ1v) is 5.62. The van der Waals surface area contributed by atoms with Crippen LogP contribution in [-0.4, -0.2) is 25.5 Å². The Morgan fingerprint density at radius 3 is 2.61 bits per heavy atom. The van der Waals surface area contributed by atoms with Crippen molar-refractivity contribution < 1.29 is 4.79 Å². The fourth-order valence-electron chi connectivity index (χ4n) is 1.51. The van der Waals surface area contributed by atoms with Gasteiger partial charge in [0, 0.05) is 19.3 Å². The molecule has 0 spiro atoms. The molecule has 7 heteroatoms. The summed E-state index contributed by atoms with van der Waals surface area (Å²) in [6, 6.07) is 0.249. The van der Waals surface area contributed by atoms with Gasteiger partial charge in [-0.1, -0.05) is 0 Å². The number of aryl methyl sites for hydroxylation is 1. The van der Waals surface area contributed by atoms with Gasteiger partial charge in [-0.15, -0.1) is 0 Å². The van der Waals surface area contributed by atoms with Gasteiger partial charge in [0.25, 0.3) is 5.91 Å². The van der Waals surface area contributed by atoms with Gasteiger partial charge in [-0.3, -0.25) is 14.2 Å². The number of amides is 1. The first-order chi connectivity index (χ1) is 8.49. The topological polar surface area (TPSA) is 90.8 Å². The summed E-state index contributed by atoms with van der Waals surface area (Å²) in [5.41, 5.74) is 6.72. The van der Waals surface area contributed by atoms with Crippen molar-refractivity contribution in [3.63, 3.8) is 0 Å². The Balaban J connectivity index is 2.14. The van der Waals surface area contributed by atoms with Gasteiger partial charge in [0.15, 0.2) is 0 Å². The summed E-state index contributed by atoms with van der Waals surface area (Å²) < 4.78 is 3.22. The third kappa shape index (κ3) is 2.20. The number of nitrogen functional groups attached to an aromatic ring is 1. The number of nitrogens with two attached hydrogens (primary N) is 1. The Morgan fingerprint density at radius 1 is 1.39 bits per heavy atom. The summed E-state index contributed by atoms with van der Waals surface area (Å²) in [5, 5.41) is 10.8. The lowest BCUT2D eigenvalue weighted by molar-refractivity contribution is 0.102. The van der Waals surface area contributed by atoms with Crippen LogP contribution in [0, 0.1) is 0 Å². The maximum atomic E-state index is 11.9. The number of rotatable bonds is 3. The van der Waals surface area contributed by atoms with Crippen molar-refractivity contribution in [1.29, 1.82) is 0 Å². The number of hydrogen-bond donors (Lipinski definition) is 2. The Kier molecular flexibility index (Phi) is 3.05. The molecule has 0 unspecified atom stereocenters. The van der Waals surface area contributed by atoms with Crippen molar-refractivity contribution in [2.45, 2.75) is 19.9 Å². The van der Waals surface area contributed by atoms with Crippen LogP contribution in [0.2, 0.25) is 0 Å². The molecule has 7 nitrogen and oxygen atoms in total. The number of nitrogens with one attached hydrogen (secondary N) is 1. The molecular formula is C11H16N6O. The molecule has 18 heavy (non-hydrogen) atoms. The molecule has 96 valence electrons. The predicted molar refractivity (Wildman–Crippen MR) is 68.2 cm³/mol. The molecule has 0 aliphatic heterocycles. The van der Waals surface area contributed by atoms with E-state index in [4.69, 9.17) is 5.73 Å². The van der Waals surface area contributed by atoms with Crippen LogP contribution in [0.15, 0.2) is 18.6 Å². The minimum absolute atomic E-state index is 0.249. The maximum Gasteiger partial charge on any atom is 0.261 e. The van der Waals surface area contributed by atoms with Crippen molar-refractivity contribution in [3.8, 4) is 0 Å². The van der Waals surface area contributed by atoms with Gasteiger partial charge in [0.05, 0.1) is 18.1 Å². The van der Waals surface area contributed by atoms with Crippen molar-refractivity contribution >= 4 is 17.4 Å². The molecular weight excluding hydrogens is 232 g/mol. The molecule has 2 aromatic rings. The number of hydrogen-bond acceptors (Lipinski definition) is 4. The van der Waals surface area contributed by atoms with E-state index in [2.05, 4.69) is 15.5 Å². The van der Waals surface area contributed by atoms with E-state index < -0.39 is 0 Å². The summed E-state index contributed by atoms with van der Waals surface area (Å²) >= 11 is 0. The highest BCUT2D eigenvalue weighted by atomic mass is 16.1. The average molecular weight is 248 g/mol. The van der Waals surface area contributed by atoms with E-state index in [9.17, 15) is 4.79 Å². The first kappa shape index (κ1) is 12.2. The van der Waals surface area contributed by atoms with Crippen molar-refractivity contribution in [2.24, 2.45) is 7.05 Å². The van der Waals surface area contributed by atoms with E-state index in [1.807, 2.05) is 13.8 Å². The molecule has 0 atom stereocenters. The largest absolute Gasteiger partial charge is 0.383 e. The minimum Gasteiger partial charge on any atom is -0.383 e. The molecule has 0 saturated carbocycles. The smallest absolute Gasteiger partial charge is 0.261 e. The standard InChI is InChI=1S/C11H16N6O/c1-7(2)17-6-8(4-14-17)15-11(18)9-5-13-16(3)10(9)12/h4-7H,12H2,1-3H3,(H,15,18). The number of anilines is 2. The third-order valence-corrected chi connectivity index (χ3v) is 2.62. The lowest BCUT2D eigenvalue weighted by atomic mass is 10.3. The number of carbonyl (C=O) groups is 1. The molecule has 2 aromatic heterocycles. The van der Waals surface area contributed by atoms with E-state index in [1.54, 1.807) is 24.1 Å². The van der Waals surface area contributed by atoms with E-state index in [0.29, 0.717) is 17.1 Å². The Bertz CT molecular complexity index is 568. The molecule has 0 saturated heterocycles. The van der Waals surface area contributed by atoms with Gasteiger partial charge in [-0.2, -0.15) is 10.2 Å². The van der Waals surface area contributed by atoms with Gasteiger partial charge >= 0.3 is 0 Å². The molecule has 1 amide bonds. The second-order valence-corrected chi connectivity index (χ2v) is 4.32. The molecule has 2 rings (SSSR count). The Hall–Kier alpha value is -2.31. The summed E-state index contributed by atoms with van der Waals surface area (Å²) in [5.74, 6) is 0.0488. The van der Waals surface area contributed by atoms with E-state index in [1.165, 1.54) is 10.9 Å². The second kappa shape index (κ2) is 4.52. The van der Waals surface area contributed by atoms with Gasteiger partial charge in [-0.25, -0.2) is 0 Å². The van der Waals surface area contributed by atoms with Crippen LogP contribution >= 0.6 is 0 Å². The van der Waals surface area contributed by atoms with Crippen LogP contribution < -0.4 is 11.1 Å². The van der Waals surface area contributed by atoms with E-state index in [-0.39, 0.29) is 11.9 Å². The molecule has 0 aliphatic rings. The molecule has 0 fully saturated rings. The first-order valence-electron chi connectivity index (χ1n) is 5.62. The van der Waals surface area contributed by atoms with E-state index >= 15 is 0 Å². The highest BCUT2D eigenvalue weighted by molar-refractivity contribution is 6.07. The van der Waals surface area contributed by atoms with Crippen molar-refractivity contribution in [3.05, 3.63) is 24.2 Å². The predicted octanol–water partition coefficient (Wildman–Crippen LogP) is 1.03. The average Bonchev–Trinajstić information content (AvgIpc) is 2.88. The van der Waals surface area contributed by atoms with Crippen LogP contribution in [0.5, 0.6) is 0 Å². The van der Waals surface area contributed by atoms with Crippen molar-refractivity contribution in [1.82, 2.24) is 19.6 Å². The second-order valence-electron chi connectivity index (χ2n) is 4.32. The zero-order valence-electron chi connectivity index (χ0n) is 10.6. The fraction of sp³-hybridized carbons (Fsp3) is 0.364. The third-order valence-electron chi connectivity index (χ3n) is 2.62. The summed E-state index contributed by atoms with van der Waals surface area (Å²) in [6.45, 7) is 4.02.